The number of rotatable bonds is 7. The van der Waals surface area contributed by atoms with E-state index in [2.05, 4.69) is 47.4 Å². The zero-order chi connectivity index (χ0) is 28.2. The Kier molecular flexibility index (Phi) is 8.35. The van der Waals surface area contributed by atoms with Gasteiger partial charge in [0.2, 0.25) is 0 Å². The molecule has 0 saturated carbocycles. The van der Waals surface area contributed by atoms with E-state index in [0.717, 1.165) is 16.5 Å². The molecule has 0 radical (unpaired) electrons. The predicted octanol–water partition coefficient (Wildman–Crippen LogP) is 8.01. The normalized spacial score (nSPS) is 11.1. The number of methoxy groups -OCH3 is 1. The molecule has 0 saturated heterocycles. The molecule has 1 aromatic heterocycles. The van der Waals surface area contributed by atoms with Crippen LogP contribution in [0.2, 0.25) is 5.02 Å². The average Bonchev–Trinajstić information content (AvgIpc) is 3.34. The molecule has 7 nitrogen and oxygen atoms in total. The Balaban J connectivity index is 1.42. The van der Waals surface area contributed by atoms with E-state index < -0.39 is 11.9 Å². The molecule has 0 spiro atoms. The van der Waals surface area contributed by atoms with Gasteiger partial charge in [0, 0.05) is 37.1 Å². The summed E-state index contributed by atoms with van der Waals surface area (Å²) in [6.07, 6.45) is 1.40. The summed E-state index contributed by atoms with van der Waals surface area (Å²) < 4.78 is 12.1. The molecule has 1 heterocycles. The van der Waals surface area contributed by atoms with Gasteiger partial charge in [0.05, 0.1) is 23.4 Å². The van der Waals surface area contributed by atoms with Crippen LogP contribution >= 0.6 is 43.5 Å². The van der Waals surface area contributed by atoms with E-state index >= 15 is 0 Å². The molecule has 5 aromatic rings. The van der Waals surface area contributed by atoms with Crippen LogP contribution in [0.1, 0.15) is 26.4 Å². The molecular weight excluding hydrogens is 662 g/mol. The quantitative estimate of drug-likeness (QED) is 0.0788. The van der Waals surface area contributed by atoms with Crippen molar-refractivity contribution < 1.29 is 19.1 Å². The van der Waals surface area contributed by atoms with Crippen molar-refractivity contribution in [2.75, 3.05) is 7.11 Å². The number of nitrogens with one attached hydrogen (secondary N) is 2. The molecule has 0 atom stereocenters. The molecule has 2 N–H and O–H groups in total. The number of fused-ring (bicyclic) bond motifs is 1. The molecule has 0 unspecified atom stereocenters. The maximum absolute atomic E-state index is 13.3. The van der Waals surface area contributed by atoms with Crippen LogP contribution in [-0.4, -0.2) is 30.2 Å². The maximum atomic E-state index is 13.3. The van der Waals surface area contributed by atoms with Crippen molar-refractivity contribution in [3.63, 3.8) is 0 Å². The molecule has 4 aromatic carbocycles. The molecule has 0 aliphatic heterocycles. The van der Waals surface area contributed by atoms with Gasteiger partial charge in [0.1, 0.15) is 11.4 Å². The minimum absolute atomic E-state index is 0.240. The lowest BCUT2D eigenvalue weighted by Gasteiger charge is -2.11. The fourth-order valence-corrected chi connectivity index (χ4v) is 5.70. The third kappa shape index (κ3) is 5.82. The molecule has 0 bridgehead atoms. The number of carbonyl (C=O) groups is 2. The number of aromatic amines is 1. The third-order valence-electron chi connectivity index (χ3n) is 6.00. The fraction of sp³-hybridized carbons (Fsp3) is 0.0333. The number of halogens is 3. The van der Waals surface area contributed by atoms with E-state index in [1.807, 2.05) is 42.5 Å². The molecule has 0 fully saturated rings. The van der Waals surface area contributed by atoms with Crippen LogP contribution in [0, 0.1) is 0 Å². The third-order valence-corrected chi connectivity index (χ3v) is 7.38. The number of hydrogen-bond donors (Lipinski definition) is 2. The van der Waals surface area contributed by atoms with Gasteiger partial charge in [-0.2, -0.15) is 5.10 Å². The lowest BCUT2D eigenvalue weighted by Crippen LogP contribution is -2.19. The lowest BCUT2D eigenvalue weighted by atomic mass is 10.0. The van der Waals surface area contributed by atoms with Gasteiger partial charge in [-0.05, 0) is 64.5 Å². The first-order valence-electron chi connectivity index (χ1n) is 11.9. The zero-order valence-electron chi connectivity index (χ0n) is 20.9. The number of carbonyl (C=O) groups excluding carboxylic acids is 2. The summed E-state index contributed by atoms with van der Waals surface area (Å²) in [7, 11) is 1.55. The summed E-state index contributed by atoms with van der Waals surface area (Å²) >= 11 is 13.4. The number of benzene rings is 4. The standard InChI is InChI=1S/C30H20Br2ClN3O4/c1-39-20-12-10-17(11-13-20)30(38)40-28-18(14-19(31)15-23(28)32)16-34-36-29(37)27-26(21-6-2-4-8-24(21)33)22-7-3-5-9-25(22)35-27/h2-16,35H,1H3,(H,36,37). The Hall–Kier alpha value is -3.92. The molecule has 5 rings (SSSR count). The highest BCUT2D eigenvalue weighted by atomic mass is 79.9. The number of H-pyrrole nitrogens is 1. The Labute approximate surface area is 251 Å². The number of para-hydroxylation sites is 1. The summed E-state index contributed by atoms with van der Waals surface area (Å²) in [5, 5.41) is 5.54. The van der Waals surface area contributed by atoms with E-state index in [-0.39, 0.29) is 5.75 Å². The minimum atomic E-state index is -0.563. The number of aromatic nitrogens is 1. The first kappa shape index (κ1) is 27.6. The van der Waals surface area contributed by atoms with Crippen molar-refractivity contribution in [1.29, 1.82) is 0 Å². The second-order valence-corrected chi connectivity index (χ2v) is 10.7. The molecule has 10 heteroatoms. The van der Waals surface area contributed by atoms with E-state index in [4.69, 9.17) is 21.1 Å². The molecule has 0 aliphatic carbocycles. The number of esters is 1. The largest absolute Gasteiger partial charge is 0.497 e. The highest BCUT2D eigenvalue weighted by Crippen LogP contribution is 2.37. The van der Waals surface area contributed by atoms with Crippen molar-refractivity contribution in [2.24, 2.45) is 5.10 Å². The topological polar surface area (TPSA) is 92.8 Å². The SMILES string of the molecule is COc1ccc(C(=O)Oc2c(Br)cc(Br)cc2C=NNC(=O)c2[nH]c3ccccc3c2-c2ccccc2Cl)cc1. The van der Waals surface area contributed by atoms with Gasteiger partial charge in [0.15, 0.2) is 5.75 Å². The second kappa shape index (κ2) is 12.1. The number of hydrogen-bond acceptors (Lipinski definition) is 5. The van der Waals surface area contributed by atoms with Gasteiger partial charge >= 0.3 is 5.97 Å². The van der Waals surface area contributed by atoms with Crippen LogP contribution in [0.4, 0.5) is 0 Å². The lowest BCUT2D eigenvalue weighted by molar-refractivity contribution is 0.0732. The summed E-state index contributed by atoms with van der Waals surface area (Å²) in [5.41, 5.74) is 5.86. The second-order valence-electron chi connectivity index (χ2n) is 8.52. The Morgan fingerprint density at radius 1 is 0.975 bits per heavy atom. The van der Waals surface area contributed by atoms with E-state index in [1.54, 1.807) is 49.6 Å². The van der Waals surface area contributed by atoms with E-state index in [1.165, 1.54) is 6.21 Å². The molecular formula is C30H20Br2ClN3O4. The van der Waals surface area contributed by atoms with Crippen LogP contribution < -0.4 is 14.9 Å². The van der Waals surface area contributed by atoms with Crippen LogP contribution in [0.5, 0.6) is 11.5 Å². The van der Waals surface area contributed by atoms with Crippen molar-refractivity contribution in [2.45, 2.75) is 0 Å². The fourth-order valence-electron chi connectivity index (χ4n) is 4.13. The first-order chi connectivity index (χ1) is 19.4. The van der Waals surface area contributed by atoms with Crippen molar-refractivity contribution >= 4 is 72.5 Å². The van der Waals surface area contributed by atoms with Gasteiger partial charge < -0.3 is 14.5 Å². The average molecular weight is 682 g/mol. The van der Waals surface area contributed by atoms with Crippen molar-refractivity contribution in [1.82, 2.24) is 10.4 Å². The monoisotopic (exact) mass is 679 g/mol. The van der Waals surface area contributed by atoms with Gasteiger partial charge in [0.25, 0.3) is 5.91 Å². The maximum Gasteiger partial charge on any atom is 0.343 e. The number of ether oxygens (including phenoxy) is 2. The van der Waals surface area contributed by atoms with Crippen molar-refractivity contribution in [3.05, 3.63) is 116 Å². The first-order valence-corrected chi connectivity index (χ1v) is 13.9. The van der Waals surface area contributed by atoms with Crippen LogP contribution in [0.3, 0.4) is 0 Å². The molecule has 1 amide bonds. The molecule has 0 aliphatic rings. The van der Waals surface area contributed by atoms with Crippen LogP contribution in [0.15, 0.2) is 99.0 Å². The highest BCUT2D eigenvalue weighted by Gasteiger charge is 2.21. The highest BCUT2D eigenvalue weighted by molar-refractivity contribution is 9.11. The van der Waals surface area contributed by atoms with Crippen LogP contribution in [-0.2, 0) is 0 Å². The van der Waals surface area contributed by atoms with E-state index in [9.17, 15) is 9.59 Å². The summed E-state index contributed by atoms with van der Waals surface area (Å²) in [4.78, 5) is 29.3. The summed E-state index contributed by atoms with van der Waals surface area (Å²) in [6.45, 7) is 0. The molecule has 200 valence electrons. The zero-order valence-corrected chi connectivity index (χ0v) is 24.8. The summed E-state index contributed by atoms with van der Waals surface area (Å²) in [6, 6.07) is 25.0. The number of amides is 1. The Morgan fingerprint density at radius 2 is 1.70 bits per heavy atom. The number of nitrogens with zero attached hydrogens (tertiary/aromatic N) is 1. The molecule has 40 heavy (non-hydrogen) atoms. The Bertz CT molecular complexity index is 1770. The Morgan fingerprint density at radius 3 is 2.45 bits per heavy atom. The summed E-state index contributed by atoms with van der Waals surface area (Å²) in [5.74, 6) is -0.165. The number of hydrazone groups is 1. The van der Waals surface area contributed by atoms with Crippen molar-refractivity contribution in [3.8, 4) is 22.6 Å². The van der Waals surface area contributed by atoms with Crippen LogP contribution in [0.25, 0.3) is 22.0 Å². The smallest absolute Gasteiger partial charge is 0.343 e. The minimum Gasteiger partial charge on any atom is -0.497 e. The van der Waals surface area contributed by atoms with Gasteiger partial charge in [-0.25, -0.2) is 10.2 Å². The predicted molar refractivity (Wildman–Crippen MR) is 164 cm³/mol. The van der Waals surface area contributed by atoms with Gasteiger partial charge in [-0.3, -0.25) is 4.79 Å². The van der Waals surface area contributed by atoms with Gasteiger partial charge in [-0.15, -0.1) is 0 Å². The van der Waals surface area contributed by atoms with E-state index in [0.29, 0.717) is 42.1 Å². The van der Waals surface area contributed by atoms with Gasteiger partial charge in [-0.1, -0.05) is 63.9 Å².